The highest BCUT2D eigenvalue weighted by Crippen LogP contribution is 2.35. The van der Waals surface area contributed by atoms with Gasteiger partial charge in [-0.05, 0) is 12.1 Å². The first kappa shape index (κ1) is 12.0. The summed E-state index contributed by atoms with van der Waals surface area (Å²) >= 11 is 12.0. The fraction of sp³-hybridized carbons (Fsp3) is 0. The van der Waals surface area contributed by atoms with Gasteiger partial charge in [-0.1, -0.05) is 29.3 Å². The summed E-state index contributed by atoms with van der Waals surface area (Å²) in [6.45, 7) is 0. The number of nitrogens with one attached hydrogen (secondary N) is 1. The number of rotatable bonds is 2. The van der Waals surface area contributed by atoms with Crippen molar-refractivity contribution in [2.75, 3.05) is 5.73 Å². The second kappa shape index (κ2) is 4.56. The molecular weight excluding hydrogens is 289 g/mol. The number of hydrogen-bond donors (Lipinski definition) is 2. The van der Waals surface area contributed by atoms with Gasteiger partial charge in [-0.25, -0.2) is 4.98 Å². The summed E-state index contributed by atoms with van der Waals surface area (Å²) in [5.74, 6) is 0.681. The predicted octanol–water partition coefficient (Wildman–Crippen LogP) is 3.03. The van der Waals surface area contributed by atoms with E-state index in [0.29, 0.717) is 27.0 Å². The van der Waals surface area contributed by atoms with Gasteiger partial charge in [0.1, 0.15) is 16.3 Å². The normalized spacial score (nSPS) is 10.8. The number of nitrogen functional groups attached to an aromatic ring is 1. The zero-order chi connectivity index (χ0) is 13.4. The number of anilines is 1. The maximum absolute atomic E-state index is 6.05. The van der Waals surface area contributed by atoms with E-state index in [1.165, 1.54) is 6.33 Å². The highest BCUT2D eigenvalue weighted by atomic mass is 35.5. The minimum absolute atomic E-state index is 0.0627. The lowest BCUT2D eigenvalue weighted by atomic mass is 10.3. The van der Waals surface area contributed by atoms with Crippen molar-refractivity contribution < 1.29 is 4.74 Å². The van der Waals surface area contributed by atoms with Gasteiger partial charge >= 0.3 is 0 Å². The molecule has 0 spiro atoms. The van der Waals surface area contributed by atoms with E-state index < -0.39 is 0 Å². The molecule has 96 valence electrons. The Hall–Kier alpha value is -2.05. The summed E-state index contributed by atoms with van der Waals surface area (Å²) in [5, 5.41) is 0.691. The Morgan fingerprint density at radius 3 is 2.89 bits per heavy atom. The Morgan fingerprint density at radius 1 is 1.21 bits per heavy atom. The summed E-state index contributed by atoms with van der Waals surface area (Å²) in [6, 6.07) is 5.06. The Morgan fingerprint density at radius 2 is 2.05 bits per heavy atom. The van der Waals surface area contributed by atoms with Crippen LogP contribution in [0.1, 0.15) is 0 Å². The third-order valence-corrected chi connectivity index (χ3v) is 3.19. The van der Waals surface area contributed by atoms with Gasteiger partial charge in [-0.2, -0.15) is 9.97 Å². The van der Waals surface area contributed by atoms with Crippen LogP contribution in [0.4, 0.5) is 5.95 Å². The van der Waals surface area contributed by atoms with Crippen molar-refractivity contribution >= 4 is 40.3 Å². The summed E-state index contributed by atoms with van der Waals surface area (Å²) < 4.78 is 5.62. The average Bonchev–Trinajstić information content (AvgIpc) is 2.83. The van der Waals surface area contributed by atoms with Crippen molar-refractivity contribution in [1.29, 1.82) is 0 Å². The number of aromatic amines is 1. The summed E-state index contributed by atoms with van der Waals surface area (Å²) in [6.07, 6.45) is 1.48. The highest BCUT2D eigenvalue weighted by Gasteiger charge is 2.13. The molecule has 3 rings (SSSR count). The van der Waals surface area contributed by atoms with Crippen molar-refractivity contribution in [3.8, 4) is 11.6 Å². The number of H-pyrrole nitrogens is 1. The lowest BCUT2D eigenvalue weighted by Crippen LogP contribution is -1.98. The molecule has 6 nitrogen and oxygen atoms in total. The van der Waals surface area contributed by atoms with Gasteiger partial charge in [0.25, 0.3) is 5.88 Å². The minimum Gasteiger partial charge on any atom is -0.435 e. The molecule has 0 bridgehead atoms. The number of hydrogen-bond acceptors (Lipinski definition) is 5. The van der Waals surface area contributed by atoms with Crippen molar-refractivity contribution in [3.05, 3.63) is 34.6 Å². The lowest BCUT2D eigenvalue weighted by Gasteiger charge is -2.08. The zero-order valence-electron chi connectivity index (χ0n) is 9.39. The molecule has 1 aromatic carbocycles. The molecule has 0 saturated carbocycles. The first-order valence-corrected chi connectivity index (χ1v) is 5.99. The molecule has 0 aliphatic heterocycles. The first-order valence-electron chi connectivity index (χ1n) is 5.23. The van der Waals surface area contributed by atoms with E-state index in [9.17, 15) is 0 Å². The molecule has 0 saturated heterocycles. The third kappa shape index (κ3) is 2.16. The number of aromatic nitrogens is 4. The number of nitrogens with zero attached hydrogens (tertiary/aromatic N) is 3. The molecule has 8 heteroatoms. The van der Waals surface area contributed by atoms with Crippen LogP contribution in [0.3, 0.4) is 0 Å². The van der Waals surface area contributed by atoms with Crippen LogP contribution < -0.4 is 10.5 Å². The first-order chi connectivity index (χ1) is 9.15. The molecule has 3 N–H and O–H groups in total. The Bertz CT molecular complexity index is 758. The number of ether oxygens (including phenoxy) is 1. The van der Waals surface area contributed by atoms with Gasteiger partial charge in [0, 0.05) is 0 Å². The smallest absolute Gasteiger partial charge is 0.250 e. The van der Waals surface area contributed by atoms with Gasteiger partial charge in [0.05, 0.1) is 11.3 Å². The van der Waals surface area contributed by atoms with Crippen molar-refractivity contribution in [3.63, 3.8) is 0 Å². The molecule has 0 unspecified atom stereocenters. The second-order valence-corrected chi connectivity index (χ2v) is 4.43. The van der Waals surface area contributed by atoms with Crippen LogP contribution in [0.25, 0.3) is 11.2 Å². The van der Waals surface area contributed by atoms with E-state index in [1.54, 1.807) is 18.2 Å². The zero-order valence-corrected chi connectivity index (χ0v) is 10.9. The largest absolute Gasteiger partial charge is 0.435 e. The SMILES string of the molecule is Nc1nc(Oc2cccc(Cl)c2Cl)c2[nH]cnc2n1. The van der Waals surface area contributed by atoms with E-state index in [2.05, 4.69) is 19.9 Å². The maximum atomic E-state index is 6.05. The van der Waals surface area contributed by atoms with Gasteiger partial charge in [-0.15, -0.1) is 0 Å². The number of imidazole rings is 1. The van der Waals surface area contributed by atoms with E-state index in [1.807, 2.05) is 0 Å². The molecule has 19 heavy (non-hydrogen) atoms. The maximum Gasteiger partial charge on any atom is 0.250 e. The highest BCUT2D eigenvalue weighted by molar-refractivity contribution is 6.42. The van der Waals surface area contributed by atoms with Gasteiger partial charge in [-0.3, -0.25) is 0 Å². The van der Waals surface area contributed by atoms with Crippen LogP contribution >= 0.6 is 23.2 Å². The van der Waals surface area contributed by atoms with E-state index in [0.717, 1.165) is 0 Å². The summed E-state index contributed by atoms with van der Waals surface area (Å²) in [4.78, 5) is 14.8. The molecule has 3 aromatic rings. The molecular formula is C11H7Cl2N5O. The Balaban J connectivity index is 2.10. The van der Waals surface area contributed by atoms with Gasteiger partial charge in [0.15, 0.2) is 5.65 Å². The van der Waals surface area contributed by atoms with E-state index >= 15 is 0 Å². The number of halogens is 2. The molecule has 0 amide bonds. The molecule has 0 aliphatic carbocycles. The third-order valence-electron chi connectivity index (χ3n) is 2.39. The fourth-order valence-corrected chi connectivity index (χ4v) is 1.89. The summed E-state index contributed by atoms with van der Waals surface area (Å²) in [5.41, 5.74) is 6.54. The molecule has 2 heterocycles. The number of benzene rings is 1. The average molecular weight is 296 g/mol. The van der Waals surface area contributed by atoms with Gasteiger partial charge in [0.2, 0.25) is 5.95 Å². The van der Waals surface area contributed by atoms with Crippen LogP contribution in [0.2, 0.25) is 10.0 Å². The van der Waals surface area contributed by atoms with Gasteiger partial charge < -0.3 is 15.5 Å². The molecule has 0 atom stereocenters. The van der Waals surface area contributed by atoms with Crippen LogP contribution in [0, 0.1) is 0 Å². The fourth-order valence-electron chi connectivity index (χ4n) is 1.56. The minimum atomic E-state index is 0.0627. The standard InChI is InChI=1S/C11H7Cl2N5O/c12-5-2-1-3-6(7(5)13)19-10-8-9(16-4-15-8)17-11(14)18-10/h1-4H,(H3,14,15,16,17,18). The van der Waals surface area contributed by atoms with Crippen molar-refractivity contribution in [1.82, 2.24) is 19.9 Å². The van der Waals surface area contributed by atoms with E-state index in [4.69, 9.17) is 33.7 Å². The second-order valence-electron chi connectivity index (χ2n) is 3.64. The lowest BCUT2D eigenvalue weighted by molar-refractivity contribution is 0.468. The number of fused-ring (bicyclic) bond motifs is 1. The van der Waals surface area contributed by atoms with Crippen molar-refractivity contribution in [2.45, 2.75) is 0 Å². The van der Waals surface area contributed by atoms with Crippen LogP contribution in [0.5, 0.6) is 11.6 Å². The molecule has 0 radical (unpaired) electrons. The van der Waals surface area contributed by atoms with Crippen LogP contribution in [-0.2, 0) is 0 Å². The van der Waals surface area contributed by atoms with Crippen molar-refractivity contribution in [2.24, 2.45) is 0 Å². The quantitative estimate of drug-likeness (QED) is 0.758. The Labute approximate surface area is 117 Å². The topological polar surface area (TPSA) is 89.7 Å². The van der Waals surface area contributed by atoms with E-state index in [-0.39, 0.29) is 11.8 Å². The van der Waals surface area contributed by atoms with Crippen LogP contribution in [-0.4, -0.2) is 19.9 Å². The molecule has 2 aromatic heterocycles. The molecule has 0 fully saturated rings. The predicted molar refractivity (Wildman–Crippen MR) is 72.6 cm³/mol. The molecule has 0 aliphatic rings. The van der Waals surface area contributed by atoms with Crippen LogP contribution in [0.15, 0.2) is 24.5 Å². The number of nitrogens with two attached hydrogens (primary N) is 1. The monoisotopic (exact) mass is 295 g/mol. The Kier molecular flexibility index (Phi) is 2.88. The summed E-state index contributed by atoms with van der Waals surface area (Å²) in [7, 11) is 0.